The van der Waals surface area contributed by atoms with Crippen molar-refractivity contribution in [2.45, 2.75) is 31.2 Å². The van der Waals surface area contributed by atoms with E-state index in [1.54, 1.807) is 30.3 Å². The lowest BCUT2D eigenvalue weighted by Gasteiger charge is -2.29. The molecule has 0 saturated heterocycles. The summed E-state index contributed by atoms with van der Waals surface area (Å²) in [6, 6.07) is 9.66. The summed E-state index contributed by atoms with van der Waals surface area (Å²) in [5.74, 6) is -3.04. The van der Waals surface area contributed by atoms with E-state index in [9.17, 15) is 31.9 Å². The van der Waals surface area contributed by atoms with Gasteiger partial charge in [-0.25, -0.2) is 17.8 Å². The SMILES string of the molecule is CC(C)([C@@H](N/C=C(/C=O)NC(=O)COc1ccccc1)C(=O)OCc1ccc(F)cc1F)S(=O)O. The van der Waals surface area contributed by atoms with Crippen LogP contribution in [-0.4, -0.2) is 44.3 Å². The first-order chi connectivity index (χ1) is 16.5. The van der Waals surface area contributed by atoms with Gasteiger partial charge < -0.3 is 24.7 Å². The van der Waals surface area contributed by atoms with Gasteiger partial charge in [-0.15, -0.1) is 0 Å². The number of allylic oxidation sites excluding steroid dienone is 1. The van der Waals surface area contributed by atoms with E-state index in [0.717, 1.165) is 18.3 Å². The van der Waals surface area contributed by atoms with Crippen molar-refractivity contribution in [2.24, 2.45) is 0 Å². The van der Waals surface area contributed by atoms with E-state index in [1.807, 2.05) is 0 Å². The maximum Gasteiger partial charge on any atom is 0.330 e. The zero-order valence-corrected chi connectivity index (χ0v) is 19.6. The molecule has 1 amide bonds. The average Bonchev–Trinajstić information content (AvgIpc) is 2.82. The van der Waals surface area contributed by atoms with Crippen molar-refractivity contribution in [1.29, 1.82) is 0 Å². The van der Waals surface area contributed by atoms with Gasteiger partial charge in [-0.2, -0.15) is 0 Å². The number of hydrogen-bond acceptors (Lipinski definition) is 7. The van der Waals surface area contributed by atoms with Crippen molar-refractivity contribution in [2.75, 3.05) is 6.61 Å². The molecular weight excluding hydrogens is 486 g/mol. The summed E-state index contributed by atoms with van der Waals surface area (Å²) in [6.45, 7) is 1.58. The second-order valence-corrected chi connectivity index (χ2v) is 9.21. The van der Waals surface area contributed by atoms with Crippen LogP contribution >= 0.6 is 0 Å². The van der Waals surface area contributed by atoms with E-state index < -0.39 is 58.6 Å². The Labute approximate surface area is 202 Å². The maximum atomic E-state index is 13.8. The normalized spacial score (nSPS) is 13.3. The predicted octanol–water partition coefficient (Wildman–Crippen LogP) is 2.20. The monoisotopic (exact) mass is 510 g/mol. The minimum Gasteiger partial charge on any atom is -0.484 e. The lowest BCUT2D eigenvalue weighted by molar-refractivity contribution is -0.148. The summed E-state index contributed by atoms with van der Waals surface area (Å²) in [6.07, 6.45) is 1.25. The van der Waals surface area contributed by atoms with Crippen LogP contribution in [0.15, 0.2) is 60.4 Å². The fourth-order valence-corrected chi connectivity index (χ4v) is 3.03. The van der Waals surface area contributed by atoms with E-state index in [-0.39, 0.29) is 17.5 Å². The van der Waals surface area contributed by atoms with Gasteiger partial charge in [0.05, 0.1) is 10.4 Å². The largest absolute Gasteiger partial charge is 0.484 e. The zero-order chi connectivity index (χ0) is 26.0. The van der Waals surface area contributed by atoms with Gasteiger partial charge >= 0.3 is 5.97 Å². The molecule has 2 aromatic carbocycles. The molecule has 12 heteroatoms. The fraction of sp³-hybridized carbons (Fsp3) is 0.261. The number of halogens is 2. The number of hydrogen-bond donors (Lipinski definition) is 3. The highest BCUT2D eigenvalue weighted by Gasteiger charge is 2.41. The number of carbonyl (C=O) groups excluding carboxylic acids is 3. The Balaban J connectivity index is 2.08. The van der Waals surface area contributed by atoms with Gasteiger partial charge in [0.2, 0.25) is 0 Å². The van der Waals surface area contributed by atoms with E-state index in [1.165, 1.54) is 13.8 Å². The molecule has 0 spiro atoms. The number of aldehydes is 1. The molecule has 0 aliphatic rings. The van der Waals surface area contributed by atoms with Gasteiger partial charge in [0.25, 0.3) is 5.91 Å². The van der Waals surface area contributed by atoms with E-state index in [2.05, 4.69) is 10.6 Å². The molecule has 35 heavy (non-hydrogen) atoms. The fourth-order valence-electron chi connectivity index (χ4n) is 2.66. The minimum absolute atomic E-state index is 0.115. The Morgan fingerprint density at radius 3 is 2.46 bits per heavy atom. The number of rotatable bonds is 12. The van der Waals surface area contributed by atoms with Crippen molar-refractivity contribution in [3.8, 4) is 5.75 Å². The zero-order valence-electron chi connectivity index (χ0n) is 18.8. The third kappa shape index (κ3) is 8.26. The van der Waals surface area contributed by atoms with Crippen LogP contribution in [0.25, 0.3) is 0 Å². The molecule has 0 fully saturated rings. The highest BCUT2D eigenvalue weighted by Crippen LogP contribution is 2.20. The van der Waals surface area contributed by atoms with Gasteiger partial charge in [0, 0.05) is 17.8 Å². The number of benzene rings is 2. The molecule has 1 unspecified atom stereocenters. The number of nitrogens with one attached hydrogen (secondary N) is 2. The van der Waals surface area contributed by atoms with Gasteiger partial charge in [-0.05, 0) is 38.1 Å². The van der Waals surface area contributed by atoms with E-state index in [4.69, 9.17) is 9.47 Å². The minimum atomic E-state index is -2.55. The Morgan fingerprint density at radius 2 is 1.86 bits per heavy atom. The molecule has 0 aliphatic carbocycles. The summed E-state index contributed by atoms with van der Waals surface area (Å²) in [5.41, 5.74) is -0.412. The van der Waals surface area contributed by atoms with Crippen LogP contribution in [0.3, 0.4) is 0 Å². The summed E-state index contributed by atoms with van der Waals surface area (Å²) in [4.78, 5) is 36.1. The van der Waals surface area contributed by atoms with Crippen molar-refractivity contribution in [1.82, 2.24) is 10.6 Å². The highest BCUT2D eigenvalue weighted by atomic mass is 32.2. The molecule has 3 N–H and O–H groups in total. The second-order valence-electron chi connectivity index (χ2n) is 7.66. The van der Waals surface area contributed by atoms with Crippen molar-refractivity contribution < 1.29 is 41.4 Å². The Bertz CT molecular complexity index is 1110. The first kappa shape index (κ1) is 27.6. The molecule has 0 heterocycles. The summed E-state index contributed by atoms with van der Waals surface area (Å²) < 4.78 is 57.1. The van der Waals surface area contributed by atoms with Crippen LogP contribution < -0.4 is 15.4 Å². The van der Waals surface area contributed by atoms with Gasteiger partial charge in [0.15, 0.2) is 24.0 Å². The van der Waals surface area contributed by atoms with Crippen molar-refractivity contribution in [3.63, 3.8) is 0 Å². The summed E-state index contributed by atoms with van der Waals surface area (Å²) >= 11 is -2.55. The molecule has 2 aromatic rings. The van der Waals surface area contributed by atoms with Crippen LogP contribution in [0.4, 0.5) is 8.78 Å². The molecule has 0 bridgehead atoms. The van der Waals surface area contributed by atoms with Crippen LogP contribution in [-0.2, 0) is 36.8 Å². The smallest absolute Gasteiger partial charge is 0.330 e. The predicted molar refractivity (Wildman–Crippen MR) is 122 cm³/mol. The molecular formula is C23H24F2N2O7S. The molecule has 0 radical (unpaired) electrons. The first-order valence-electron chi connectivity index (χ1n) is 10.1. The van der Waals surface area contributed by atoms with Gasteiger partial charge in [-0.1, -0.05) is 18.2 Å². The first-order valence-corrected chi connectivity index (χ1v) is 11.3. The third-order valence-corrected chi connectivity index (χ3v) is 5.83. The molecule has 2 atom stereocenters. The maximum absolute atomic E-state index is 13.8. The van der Waals surface area contributed by atoms with Crippen LogP contribution in [0.5, 0.6) is 5.75 Å². The van der Waals surface area contributed by atoms with E-state index >= 15 is 0 Å². The molecule has 0 aliphatic heterocycles. The molecule has 188 valence electrons. The van der Waals surface area contributed by atoms with Crippen LogP contribution in [0.1, 0.15) is 19.4 Å². The average molecular weight is 511 g/mol. The van der Waals surface area contributed by atoms with Crippen molar-refractivity contribution >= 4 is 29.2 Å². The van der Waals surface area contributed by atoms with E-state index in [0.29, 0.717) is 11.8 Å². The number of ether oxygens (including phenoxy) is 2. The van der Waals surface area contributed by atoms with Crippen LogP contribution in [0, 0.1) is 11.6 Å². The number of para-hydroxylation sites is 1. The Morgan fingerprint density at radius 1 is 1.17 bits per heavy atom. The molecule has 0 saturated carbocycles. The number of esters is 1. The molecule has 0 aromatic heterocycles. The van der Waals surface area contributed by atoms with Crippen LogP contribution in [0.2, 0.25) is 0 Å². The number of carbonyl (C=O) groups is 3. The summed E-state index contributed by atoms with van der Waals surface area (Å²) in [7, 11) is 0. The standard InChI is InChI=1S/C23H24F2N2O7S/c1-23(2,35(31)32)21(22(30)34-13-15-8-9-16(24)10-19(15)25)26-11-17(12-28)27-20(29)14-33-18-6-4-3-5-7-18/h3-12,21,26H,13-14H2,1-2H3,(H,27,29)(H,31,32)/b17-11-/t21-/m0/s1. The summed E-state index contributed by atoms with van der Waals surface area (Å²) in [5, 5.41) is 4.77. The Kier molecular flexibility index (Phi) is 10.0. The molecule has 9 nitrogen and oxygen atoms in total. The lowest BCUT2D eigenvalue weighted by Crippen LogP contribution is -2.53. The highest BCUT2D eigenvalue weighted by molar-refractivity contribution is 7.80. The topological polar surface area (TPSA) is 131 Å². The van der Waals surface area contributed by atoms with Gasteiger partial charge in [-0.3, -0.25) is 9.59 Å². The quantitative estimate of drug-likeness (QED) is 0.171. The molecule has 2 rings (SSSR count). The Hall–Kier alpha value is -3.64. The second kappa shape index (κ2) is 12.7. The lowest BCUT2D eigenvalue weighted by atomic mass is 10.0. The van der Waals surface area contributed by atoms with Gasteiger partial charge in [0.1, 0.15) is 30.0 Å². The van der Waals surface area contributed by atoms with Crippen molar-refractivity contribution in [3.05, 3.63) is 77.6 Å². The third-order valence-electron chi connectivity index (χ3n) is 4.70. The number of amides is 1.